The van der Waals surface area contributed by atoms with Gasteiger partial charge in [0.05, 0.1) is 0 Å². The quantitative estimate of drug-likeness (QED) is 0.706. The normalized spacial score (nSPS) is 14.4. The molecule has 7 nitrogen and oxygen atoms in total. The van der Waals surface area contributed by atoms with Gasteiger partial charge in [0, 0.05) is 19.5 Å². The number of carbonyl (C=O) groups excluding carboxylic acids is 2. The number of ether oxygens (including phenoxy) is 3. The molecule has 2 aromatic rings. The Morgan fingerprint density at radius 3 is 2.41 bits per heavy atom. The summed E-state index contributed by atoms with van der Waals surface area (Å²) in [5.41, 5.74) is 1.35. The number of benzene rings is 2. The molecule has 2 aromatic carbocycles. The van der Waals surface area contributed by atoms with E-state index in [2.05, 4.69) is 5.32 Å². The summed E-state index contributed by atoms with van der Waals surface area (Å²) in [5, 5.41) is 2.77. The van der Waals surface area contributed by atoms with E-state index in [-0.39, 0.29) is 18.7 Å². The van der Waals surface area contributed by atoms with Crippen LogP contribution in [0.2, 0.25) is 0 Å². The number of hydrogen-bond donors (Lipinski definition) is 1. The number of nitrogens with zero attached hydrogens (tertiary/aromatic N) is 1. The van der Waals surface area contributed by atoms with Crippen molar-refractivity contribution in [1.29, 1.82) is 0 Å². The van der Waals surface area contributed by atoms with E-state index in [1.165, 1.54) is 0 Å². The number of hydrogen-bond acceptors (Lipinski definition) is 5. The van der Waals surface area contributed by atoms with E-state index in [0.717, 1.165) is 22.6 Å². The summed E-state index contributed by atoms with van der Waals surface area (Å²) in [4.78, 5) is 27.5. The maximum absolute atomic E-state index is 13.4. The van der Waals surface area contributed by atoms with Gasteiger partial charge in [0.25, 0.3) is 0 Å². The first-order chi connectivity index (χ1) is 15.1. The Balaban J connectivity index is 1.70. The molecule has 0 bridgehead atoms. The third-order valence-corrected chi connectivity index (χ3v) is 5.25. The van der Waals surface area contributed by atoms with E-state index in [1.54, 1.807) is 32.7 Å². The molecule has 1 N–H and O–H groups in total. The van der Waals surface area contributed by atoms with Crippen molar-refractivity contribution >= 4 is 12.0 Å². The third-order valence-electron chi connectivity index (χ3n) is 5.25. The molecular weight excluding hydrogens is 408 g/mol. The van der Waals surface area contributed by atoms with Gasteiger partial charge in [-0.3, -0.25) is 4.79 Å². The molecule has 1 aliphatic rings. The van der Waals surface area contributed by atoms with Crippen LogP contribution in [-0.2, 0) is 22.4 Å². The van der Waals surface area contributed by atoms with Crippen LogP contribution in [0.5, 0.6) is 11.5 Å². The number of alkyl carbamates (subject to hydrolysis) is 1. The highest BCUT2D eigenvalue weighted by atomic mass is 16.7. The van der Waals surface area contributed by atoms with Gasteiger partial charge in [0.2, 0.25) is 12.7 Å². The first-order valence-corrected chi connectivity index (χ1v) is 10.8. The number of likely N-dealkylation sites (N-methyl/N-ethyl adjacent to an activating group) is 1. The minimum atomic E-state index is -0.739. The maximum Gasteiger partial charge on any atom is 0.408 e. The second-order valence-corrected chi connectivity index (χ2v) is 9.08. The highest BCUT2D eigenvalue weighted by Crippen LogP contribution is 2.33. The van der Waals surface area contributed by atoms with Crippen LogP contribution in [0.25, 0.3) is 0 Å². The molecule has 32 heavy (non-hydrogen) atoms. The van der Waals surface area contributed by atoms with Gasteiger partial charge in [-0.05, 0) is 57.4 Å². The fraction of sp³-hybridized carbons (Fsp3) is 0.440. The van der Waals surface area contributed by atoms with E-state index in [9.17, 15) is 9.59 Å². The number of amides is 2. The van der Waals surface area contributed by atoms with Crippen LogP contribution < -0.4 is 14.8 Å². The zero-order valence-electron chi connectivity index (χ0n) is 19.4. The summed E-state index contributed by atoms with van der Waals surface area (Å²) in [6.45, 7) is 7.58. The zero-order valence-corrected chi connectivity index (χ0v) is 19.4. The van der Waals surface area contributed by atoms with Crippen molar-refractivity contribution in [1.82, 2.24) is 10.2 Å². The number of fused-ring (bicyclic) bond motifs is 1. The largest absolute Gasteiger partial charge is 0.454 e. The SMILES string of the molecule is CC(Cc1ccc2c(c1)OCO2)N(C)C(=O)[C@H](Cc1ccccc1)NC(=O)OC(C)(C)C. The lowest BCUT2D eigenvalue weighted by atomic mass is 10.0. The smallest absolute Gasteiger partial charge is 0.408 e. The van der Waals surface area contributed by atoms with Crippen molar-refractivity contribution in [2.24, 2.45) is 0 Å². The van der Waals surface area contributed by atoms with Crippen LogP contribution in [0.15, 0.2) is 48.5 Å². The second-order valence-electron chi connectivity index (χ2n) is 9.08. The summed E-state index contributed by atoms with van der Waals surface area (Å²) in [7, 11) is 1.76. The zero-order chi connectivity index (χ0) is 23.3. The van der Waals surface area contributed by atoms with Crippen LogP contribution in [0.4, 0.5) is 4.79 Å². The predicted octanol–water partition coefficient (Wildman–Crippen LogP) is 3.94. The van der Waals surface area contributed by atoms with Gasteiger partial charge in [-0.2, -0.15) is 0 Å². The fourth-order valence-electron chi connectivity index (χ4n) is 3.51. The Bertz CT molecular complexity index is 939. The maximum atomic E-state index is 13.4. The minimum Gasteiger partial charge on any atom is -0.454 e. The van der Waals surface area contributed by atoms with Crippen molar-refractivity contribution in [2.45, 2.75) is 58.2 Å². The van der Waals surface area contributed by atoms with Gasteiger partial charge < -0.3 is 24.4 Å². The van der Waals surface area contributed by atoms with E-state index < -0.39 is 17.7 Å². The van der Waals surface area contributed by atoms with Crippen molar-refractivity contribution in [2.75, 3.05) is 13.8 Å². The molecule has 0 radical (unpaired) electrons. The lowest BCUT2D eigenvalue weighted by molar-refractivity contribution is -0.133. The van der Waals surface area contributed by atoms with Crippen molar-refractivity contribution in [3.8, 4) is 11.5 Å². The summed E-state index contributed by atoms with van der Waals surface area (Å²) in [5.74, 6) is 1.28. The summed E-state index contributed by atoms with van der Waals surface area (Å²) >= 11 is 0. The Morgan fingerprint density at radius 2 is 1.72 bits per heavy atom. The Morgan fingerprint density at radius 1 is 1.03 bits per heavy atom. The Kier molecular flexibility index (Phi) is 7.28. The van der Waals surface area contributed by atoms with Crippen LogP contribution in [0.3, 0.4) is 0 Å². The molecule has 0 aliphatic carbocycles. The van der Waals surface area contributed by atoms with E-state index in [4.69, 9.17) is 14.2 Å². The second kappa shape index (κ2) is 9.94. The molecule has 0 aromatic heterocycles. The minimum absolute atomic E-state index is 0.0958. The molecular formula is C25H32N2O5. The van der Waals surface area contributed by atoms with E-state index in [0.29, 0.717) is 12.8 Å². The topological polar surface area (TPSA) is 77.1 Å². The highest BCUT2D eigenvalue weighted by molar-refractivity contribution is 5.86. The van der Waals surface area contributed by atoms with E-state index >= 15 is 0 Å². The van der Waals surface area contributed by atoms with Gasteiger partial charge in [-0.1, -0.05) is 36.4 Å². The van der Waals surface area contributed by atoms with E-state index in [1.807, 2.05) is 55.5 Å². The van der Waals surface area contributed by atoms with Crippen LogP contribution >= 0.6 is 0 Å². The predicted molar refractivity (Wildman–Crippen MR) is 122 cm³/mol. The van der Waals surface area contributed by atoms with Crippen molar-refractivity contribution in [3.05, 3.63) is 59.7 Å². The number of nitrogens with one attached hydrogen (secondary N) is 1. The lowest BCUT2D eigenvalue weighted by Crippen LogP contribution is -2.52. The number of rotatable bonds is 7. The van der Waals surface area contributed by atoms with Crippen molar-refractivity contribution in [3.63, 3.8) is 0 Å². The number of carbonyl (C=O) groups is 2. The molecule has 0 saturated heterocycles. The fourth-order valence-corrected chi connectivity index (χ4v) is 3.51. The first-order valence-electron chi connectivity index (χ1n) is 10.8. The van der Waals surface area contributed by atoms with Crippen molar-refractivity contribution < 1.29 is 23.8 Å². The molecule has 0 saturated carbocycles. The molecule has 2 atom stereocenters. The van der Waals surface area contributed by atoms with Crippen LogP contribution in [0.1, 0.15) is 38.8 Å². The molecule has 1 heterocycles. The highest BCUT2D eigenvalue weighted by Gasteiger charge is 2.29. The molecule has 172 valence electrons. The molecule has 1 unspecified atom stereocenters. The Labute approximate surface area is 189 Å². The summed E-state index contributed by atoms with van der Waals surface area (Å²) in [6, 6.07) is 14.6. The molecule has 0 spiro atoms. The third kappa shape index (κ3) is 6.39. The molecule has 1 aliphatic heterocycles. The summed E-state index contributed by atoms with van der Waals surface area (Å²) < 4.78 is 16.2. The first kappa shape index (κ1) is 23.4. The van der Waals surface area contributed by atoms with Gasteiger partial charge in [-0.25, -0.2) is 4.79 Å². The monoisotopic (exact) mass is 440 g/mol. The van der Waals surface area contributed by atoms with Crippen LogP contribution in [0, 0.1) is 0 Å². The van der Waals surface area contributed by atoms with Gasteiger partial charge >= 0.3 is 6.09 Å². The summed E-state index contributed by atoms with van der Waals surface area (Å²) in [6.07, 6.45) is 0.409. The van der Waals surface area contributed by atoms with Crippen LogP contribution in [-0.4, -0.2) is 48.4 Å². The Hall–Kier alpha value is -3.22. The lowest BCUT2D eigenvalue weighted by Gasteiger charge is -2.30. The average molecular weight is 441 g/mol. The average Bonchev–Trinajstić information content (AvgIpc) is 3.19. The molecule has 0 fully saturated rings. The standard InChI is InChI=1S/C25H32N2O5/c1-17(13-19-11-12-21-22(15-19)31-16-30-21)27(5)23(28)20(14-18-9-7-6-8-10-18)26-24(29)32-25(2,3)4/h6-12,15,17,20H,13-14,16H2,1-5H3,(H,26,29)/t17?,20-/m0/s1. The van der Waals surface area contributed by atoms with Gasteiger partial charge in [0.15, 0.2) is 11.5 Å². The van der Waals surface area contributed by atoms with Gasteiger partial charge in [-0.15, -0.1) is 0 Å². The van der Waals surface area contributed by atoms with Gasteiger partial charge in [0.1, 0.15) is 11.6 Å². The molecule has 7 heteroatoms. The molecule has 3 rings (SSSR count). The molecule has 2 amide bonds.